The van der Waals surface area contributed by atoms with Crippen LogP contribution in [0.25, 0.3) is 0 Å². The molecule has 1 aliphatic carbocycles. The van der Waals surface area contributed by atoms with Gasteiger partial charge in [0.15, 0.2) is 0 Å². The van der Waals surface area contributed by atoms with Crippen molar-refractivity contribution in [3.63, 3.8) is 0 Å². The monoisotopic (exact) mass is 369 g/mol. The van der Waals surface area contributed by atoms with Gasteiger partial charge in [0.1, 0.15) is 5.69 Å². The van der Waals surface area contributed by atoms with E-state index in [4.69, 9.17) is 4.74 Å². The molecule has 1 aromatic heterocycles. The highest BCUT2D eigenvalue weighted by Gasteiger charge is 2.25. The lowest BCUT2D eigenvalue weighted by atomic mass is 10.1. The van der Waals surface area contributed by atoms with Crippen LogP contribution in [-0.4, -0.2) is 35.9 Å². The number of aryl methyl sites for hydroxylation is 1. The van der Waals surface area contributed by atoms with E-state index in [0.29, 0.717) is 40.2 Å². The van der Waals surface area contributed by atoms with Crippen LogP contribution in [0, 0.1) is 6.92 Å². The molecule has 0 saturated heterocycles. The standard InChI is InChI=1S/C20H23N3O4/c1-4-15-16(20(26)27-3)11(2)17(23-15)19(25)22-14-7-5-6-12(10-14)18(24)21-13-8-9-13/h5-7,10,13,23H,4,8-9H2,1-3H3,(H,21,24)(H,22,25). The summed E-state index contributed by atoms with van der Waals surface area (Å²) in [5, 5.41) is 5.70. The maximum atomic E-state index is 12.7. The largest absolute Gasteiger partial charge is 0.465 e. The average molecular weight is 369 g/mol. The molecule has 142 valence electrons. The second-order valence-electron chi connectivity index (χ2n) is 6.61. The van der Waals surface area contributed by atoms with Gasteiger partial charge in [-0.25, -0.2) is 4.79 Å². The summed E-state index contributed by atoms with van der Waals surface area (Å²) in [6.07, 6.45) is 2.59. The first-order valence-electron chi connectivity index (χ1n) is 8.96. The van der Waals surface area contributed by atoms with Gasteiger partial charge >= 0.3 is 5.97 Å². The summed E-state index contributed by atoms with van der Waals surface area (Å²) in [7, 11) is 1.31. The molecule has 0 spiro atoms. The minimum Gasteiger partial charge on any atom is -0.465 e. The average Bonchev–Trinajstić information content (AvgIpc) is 3.41. The van der Waals surface area contributed by atoms with Crippen molar-refractivity contribution in [1.29, 1.82) is 0 Å². The molecule has 27 heavy (non-hydrogen) atoms. The van der Waals surface area contributed by atoms with Gasteiger partial charge in [0.05, 0.1) is 12.7 Å². The Morgan fingerprint density at radius 1 is 1.22 bits per heavy atom. The molecule has 1 aromatic carbocycles. The number of carbonyl (C=O) groups is 3. The van der Waals surface area contributed by atoms with Gasteiger partial charge in [0.25, 0.3) is 11.8 Å². The number of benzene rings is 1. The fourth-order valence-corrected chi connectivity index (χ4v) is 2.96. The zero-order chi connectivity index (χ0) is 19.6. The fraction of sp³-hybridized carbons (Fsp3) is 0.350. The van der Waals surface area contributed by atoms with E-state index < -0.39 is 5.97 Å². The van der Waals surface area contributed by atoms with Crippen LogP contribution in [0.4, 0.5) is 5.69 Å². The van der Waals surface area contributed by atoms with Crippen molar-refractivity contribution < 1.29 is 19.1 Å². The topological polar surface area (TPSA) is 100 Å². The van der Waals surface area contributed by atoms with E-state index in [1.807, 2.05) is 6.92 Å². The highest BCUT2D eigenvalue weighted by molar-refractivity contribution is 6.07. The predicted molar refractivity (Wildman–Crippen MR) is 101 cm³/mol. The number of carbonyl (C=O) groups excluding carboxylic acids is 3. The normalized spacial score (nSPS) is 13.1. The molecule has 1 fully saturated rings. The molecule has 2 amide bonds. The van der Waals surface area contributed by atoms with Crippen molar-refractivity contribution in [3.05, 3.63) is 52.3 Å². The molecule has 7 heteroatoms. The third kappa shape index (κ3) is 4.02. The maximum Gasteiger partial charge on any atom is 0.339 e. The van der Waals surface area contributed by atoms with Gasteiger partial charge < -0.3 is 20.4 Å². The molecule has 1 heterocycles. The van der Waals surface area contributed by atoms with E-state index in [1.165, 1.54) is 7.11 Å². The molecule has 3 rings (SSSR count). The number of esters is 1. The van der Waals surface area contributed by atoms with Gasteiger partial charge in [0.2, 0.25) is 0 Å². The van der Waals surface area contributed by atoms with E-state index in [0.717, 1.165) is 12.8 Å². The molecule has 0 radical (unpaired) electrons. The van der Waals surface area contributed by atoms with E-state index in [9.17, 15) is 14.4 Å². The quantitative estimate of drug-likeness (QED) is 0.682. The number of methoxy groups -OCH3 is 1. The lowest BCUT2D eigenvalue weighted by molar-refractivity contribution is 0.0598. The molecule has 0 bridgehead atoms. The molecular weight excluding hydrogens is 346 g/mol. The summed E-state index contributed by atoms with van der Waals surface area (Å²) in [6, 6.07) is 7.04. The zero-order valence-corrected chi connectivity index (χ0v) is 15.6. The second kappa shape index (κ2) is 7.65. The van der Waals surface area contributed by atoms with E-state index >= 15 is 0 Å². The Balaban J connectivity index is 1.80. The molecular formula is C20H23N3O4. The van der Waals surface area contributed by atoms with Crippen molar-refractivity contribution in [1.82, 2.24) is 10.3 Å². The van der Waals surface area contributed by atoms with Gasteiger partial charge in [0, 0.05) is 23.0 Å². The molecule has 0 unspecified atom stereocenters. The van der Waals surface area contributed by atoms with Crippen molar-refractivity contribution >= 4 is 23.5 Å². The molecule has 2 aromatic rings. The molecule has 7 nitrogen and oxygen atoms in total. The smallest absolute Gasteiger partial charge is 0.339 e. The van der Waals surface area contributed by atoms with Crippen LogP contribution in [0.1, 0.15) is 62.2 Å². The number of aromatic nitrogens is 1. The first-order chi connectivity index (χ1) is 12.9. The van der Waals surface area contributed by atoms with Crippen molar-refractivity contribution in [2.24, 2.45) is 0 Å². The number of H-pyrrole nitrogens is 1. The molecule has 1 saturated carbocycles. The summed E-state index contributed by atoms with van der Waals surface area (Å²) in [5.41, 5.74) is 2.89. The molecule has 0 atom stereocenters. The summed E-state index contributed by atoms with van der Waals surface area (Å²) < 4.78 is 4.81. The van der Waals surface area contributed by atoms with Gasteiger partial charge in [-0.2, -0.15) is 0 Å². The van der Waals surface area contributed by atoms with Crippen LogP contribution < -0.4 is 10.6 Å². The zero-order valence-electron chi connectivity index (χ0n) is 15.6. The number of hydrogen-bond acceptors (Lipinski definition) is 4. The lowest BCUT2D eigenvalue weighted by Crippen LogP contribution is -2.25. The second-order valence-corrected chi connectivity index (χ2v) is 6.61. The first-order valence-corrected chi connectivity index (χ1v) is 8.96. The molecule has 0 aliphatic heterocycles. The van der Waals surface area contributed by atoms with Crippen molar-refractivity contribution in [2.45, 2.75) is 39.2 Å². The van der Waals surface area contributed by atoms with Crippen LogP contribution in [0.2, 0.25) is 0 Å². The summed E-state index contributed by atoms with van der Waals surface area (Å²) in [5.74, 6) is -0.999. The third-order valence-corrected chi connectivity index (χ3v) is 4.59. The maximum absolute atomic E-state index is 12.7. The number of hydrogen-bond donors (Lipinski definition) is 3. The number of anilines is 1. The number of rotatable bonds is 6. The van der Waals surface area contributed by atoms with E-state index in [-0.39, 0.29) is 17.9 Å². The summed E-state index contributed by atoms with van der Waals surface area (Å²) in [4.78, 5) is 39.9. The summed E-state index contributed by atoms with van der Waals surface area (Å²) >= 11 is 0. The highest BCUT2D eigenvalue weighted by atomic mass is 16.5. The number of ether oxygens (including phenoxy) is 1. The minimum atomic E-state index is -0.474. The van der Waals surface area contributed by atoms with E-state index in [1.54, 1.807) is 31.2 Å². The Kier molecular flexibility index (Phi) is 5.30. The Labute approximate surface area is 157 Å². The van der Waals surface area contributed by atoms with Crippen LogP contribution in [0.3, 0.4) is 0 Å². The first kappa shape index (κ1) is 18.7. The number of nitrogens with one attached hydrogen (secondary N) is 3. The third-order valence-electron chi connectivity index (χ3n) is 4.59. The van der Waals surface area contributed by atoms with Crippen molar-refractivity contribution in [2.75, 3.05) is 12.4 Å². The predicted octanol–water partition coefficient (Wildman–Crippen LogP) is 2.82. The van der Waals surface area contributed by atoms with Gasteiger partial charge in [-0.05, 0) is 49.9 Å². The summed E-state index contributed by atoms with van der Waals surface area (Å²) in [6.45, 7) is 3.59. The Morgan fingerprint density at radius 2 is 1.96 bits per heavy atom. The Morgan fingerprint density at radius 3 is 2.59 bits per heavy atom. The van der Waals surface area contributed by atoms with Gasteiger partial charge in [-0.3, -0.25) is 9.59 Å². The van der Waals surface area contributed by atoms with Crippen LogP contribution in [-0.2, 0) is 11.2 Å². The van der Waals surface area contributed by atoms with Crippen LogP contribution >= 0.6 is 0 Å². The SMILES string of the molecule is CCc1[nH]c(C(=O)Nc2cccc(C(=O)NC3CC3)c2)c(C)c1C(=O)OC. The molecule has 3 N–H and O–H groups in total. The molecule has 1 aliphatic rings. The van der Waals surface area contributed by atoms with Crippen molar-refractivity contribution in [3.8, 4) is 0 Å². The fourth-order valence-electron chi connectivity index (χ4n) is 2.96. The Hall–Kier alpha value is -3.09. The van der Waals surface area contributed by atoms with E-state index in [2.05, 4.69) is 15.6 Å². The Bertz CT molecular complexity index is 897. The number of aromatic amines is 1. The minimum absolute atomic E-state index is 0.147. The van der Waals surface area contributed by atoms with Gasteiger partial charge in [-0.15, -0.1) is 0 Å². The number of amides is 2. The van der Waals surface area contributed by atoms with Crippen LogP contribution in [0.5, 0.6) is 0 Å². The lowest BCUT2D eigenvalue weighted by Gasteiger charge is -2.08. The highest BCUT2D eigenvalue weighted by Crippen LogP contribution is 2.22. The van der Waals surface area contributed by atoms with Crippen LogP contribution in [0.15, 0.2) is 24.3 Å². The van der Waals surface area contributed by atoms with Gasteiger partial charge in [-0.1, -0.05) is 13.0 Å².